The summed E-state index contributed by atoms with van der Waals surface area (Å²) >= 11 is 0. The summed E-state index contributed by atoms with van der Waals surface area (Å²) in [6.45, 7) is 8.48. The third kappa shape index (κ3) is 7.97. The Hall–Kier alpha value is -0.136. The molecule has 1 unspecified atom stereocenters. The van der Waals surface area contributed by atoms with Crippen LogP contribution in [0.2, 0.25) is 32.2 Å². The van der Waals surface area contributed by atoms with E-state index in [0.29, 0.717) is 0 Å². The van der Waals surface area contributed by atoms with Gasteiger partial charge in [-0.15, -0.1) is 0 Å². The van der Waals surface area contributed by atoms with Crippen LogP contribution in [0, 0.1) is 0 Å². The van der Waals surface area contributed by atoms with Gasteiger partial charge in [0.2, 0.25) is 0 Å². The number of aliphatic carboxylic acids is 1. The molecule has 1 N–H and O–H groups in total. The van der Waals surface area contributed by atoms with Crippen LogP contribution < -0.4 is 0 Å². The van der Waals surface area contributed by atoms with Gasteiger partial charge in [-0.2, -0.15) is 0 Å². The highest BCUT2D eigenvalue weighted by atomic mass is 28.4. The monoisotopic (exact) mass is 206 g/mol. The maximum absolute atomic E-state index is 10.2. The fourth-order valence-corrected chi connectivity index (χ4v) is 6.94. The fraction of sp³-hybridized carbons (Fsp3) is 0.857. The van der Waals surface area contributed by atoms with Gasteiger partial charge in [0.05, 0.1) is 0 Å². The molecule has 0 aromatic carbocycles. The molecule has 1 atom stereocenters. The van der Waals surface area contributed by atoms with Crippen LogP contribution in [0.5, 0.6) is 0 Å². The number of hydrogen-bond donors (Lipinski definition) is 1. The van der Waals surface area contributed by atoms with Gasteiger partial charge in [-0.3, -0.25) is 4.79 Å². The Balaban J connectivity index is 3.60. The number of carboxylic acid groups (broad SMARTS) is 1. The summed E-state index contributed by atoms with van der Waals surface area (Å²) in [5.41, 5.74) is 0. The maximum atomic E-state index is 10.2. The van der Waals surface area contributed by atoms with E-state index in [2.05, 4.69) is 26.2 Å². The van der Waals surface area contributed by atoms with E-state index in [4.69, 9.17) is 9.22 Å². The molecule has 0 saturated carbocycles. The lowest BCUT2D eigenvalue weighted by atomic mass is 10.5. The van der Waals surface area contributed by atoms with Crippen LogP contribution in [0.15, 0.2) is 0 Å². The number of rotatable bonds is 5. The third-order valence-corrected chi connectivity index (χ3v) is 6.86. The Bertz CT molecular complexity index is 153. The molecular weight excluding hydrogens is 188 g/mol. The van der Waals surface area contributed by atoms with Crippen LogP contribution in [-0.4, -0.2) is 28.4 Å². The standard InChI is InChI=1S/C7H18O3Si2/c1-11(6-5-7(8)9)10-12(2,3)4/h11H,5-6H2,1-4H3,(H,8,9). The van der Waals surface area contributed by atoms with Crippen molar-refractivity contribution in [2.45, 2.75) is 38.7 Å². The SMILES string of the molecule is C[SiH](CCC(=O)O)O[Si](C)(C)C. The second-order valence-corrected chi connectivity index (χ2v) is 11.3. The molecule has 0 spiro atoms. The van der Waals surface area contributed by atoms with E-state index in [1.54, 1.807) is 0 Å². The minimum absolute atomic E-state index is 0.262. The molecule has 0 aliphatic rings. The van der Waals surface area contributed by atoms with Gasteiger partial charge < -0.3 is 9.22 Å². The Kier molecular flexibility index (Phi) is 4.73. The van der Waals surface area contributed by atoms with E-state index in [1.807, 2.05) is 0 Å². The Morgan fingerprint density at radius 1 is 1.50 bits per heavy atom. The van der Waals surface area contributed by atoms with Crippen molar-refractivity contribution in [3.63, 3.8) is 0 Å². The van der Waals surface area contributed by atoms with Crippen molar-refractivity contribution in [3.8, 4) is 0 Å². The van der Waals surface area contributed by atoms with Gasteiger partial charge in [0.1, 0.15) is 0 Å². The minimum Gasteiger partial charge on any atom is -0.481 e. The van der Waals surface area contributed by atoms with Crippen molar-refractivity contribution in [2.75, 3.05) is 0 Å². The molecule has 0 saturated heterocycles. The zero-order valence-electron chi connectivity index (χ0n) is 8.26. The first-order chi connectivity index (χ1) is 5.31. The van der Waals surface area contributed by atoms with E-state index >= 15 is 0 Å². The molecule has 12 heavy (non-hydrogen) atoms. The van der Waals surface area contributed by atoms with Gasteiger partial charge in [0.25, 0.3) is 0 Å². The molecule has 0 aromatic rings. The highest BCUT2D eigenvalue weighted by Crippen LogP contribution is 2.08. The van der Waals surface area contributed by atoms with Crippen molar-refractivity contribution < 1.29 is 14.0 Å². The van der Waals surface area contributed by atoms with E-state index in [9.17, 15) is 4.79 Å². The third-order valence-electron chi connectivity index (χ3n) is 1.32. The minimum atomic E-state index is -1.42. The van der Waals surface area contributed by atoms with E-state index < -0.39 is 23.3 Å². The molecule has 0 amide bonds. The van der Waals surface area contributed by atoms with Crippen LogP contribution >= 0.6 is 0 Å². The summed E-state index contributed by atoms with van der Waals surface area (Å²) < 4.78 is 5.80. The molecule has 0 aliphatic heterocycles. The van der Waals surface area contributed by atoms with E-state index in [1.165, 1.54) is 0 Å². The van der Waals surface area contributed by atoms with Crippen LogP contribution in [0.1, 0.15) is 6.42 Å². The van der Waals surface area contributed by atoms with Gasteiger partial charge in [-0.1, -0.05) is 0 Å². The fourth-order valence-electron chi connectivity index (χ4n) is 0.989. The molecule has 0 rings (SSSR count). The quantitative estimate of drug-likeness (QED) is 0.696. The normalized spacial score (nSPS) is 14.3. The highest BCUT2D eigenvalue weighted by Gasteiger charge is 2.18. The summed E-state index contributed by atoms with van der Waals surface area (Å²) in [6.07, 6.45) is 0.262. The summed E-state index contributed by atoms with van der Waals surface area (Å²) in [5, 5.41) is 8.44. The average molecular weight is 206 g/mol. The van der Waals surface area contributed by atoms with E-state index in [0.717, 1.165) is 6.04 Å². The highest BCUT2D eigenvalue weighted by molar-refractivity contribution is 6.77. The van der Waals surface area contributed by atoms with Crippen LogP contribution in [-0.2, 0) is 8.91 Å². The lowest BCUT2D eigenvalue weighted by molar-refractivity contribution is -0.136. The first-order valence-corrected chi connectivity index (χ1v) is 10.1. The molecule has 0 aliphatic carbocycles. The van der Waals surface area contributed by atoms with Crippen LogP contribution in [0.3, 0.4) is 0 Å². The van der Waals surface area contributed by atoms with Crippen molar-refractivity contribution in [2.24, 2.45) is 0 Å². The zero-order valence-corrected chi connectivity index (χ0v) is 10.4. The lowest BCUT2D eigenvalue weighted by Gasteiger charge is -2.22. The van der Waals surface area contributed by atoms with Crippen molar-refractivity contribution in [1.29, 1.82) is 0 Å². The number of carbonyl (C=O) groups is 1. The molecule has 72 valence electrons. The predicted molar refractivity (Wildman–Crippen MR) is 54.5 cm³/mol. The largest absolute Gasteiger partial charge is 0.481 e. The second-order valence-electron chi connectivity index (χ2n) is 3.97. The van der Waals surface area contributed by atoms with Crippen molar-refractivity contribution in [3.05, 3.63) is 0 Å². The van der Waals surface area contributed by atoms with Crippen LogP contribution in [0.4, 0.5) is 0 Å². The van der Waals surface area contributed by atoms with Crippen molar-refractivity contribution in [1.82, 2.24) is 0 Å². The Morgan fingerprint density at radius 3 is 2.33 bits per heavy atom. The summed E-state index contributed by atoms with van der Waals surface area (Å²) in [4.78, 5) is 10.2. The summed E-state index contributed by atoms with van der Waals surface area (Å²) in [6, 6.07) is 0.750. The smallest absolute Gasteiger partial charge is 0.303 e. The molecule has 0 aromatic heterocycles. The molecule has 0 radical (unpaired) electrons. The van der Waals surface area contributed by atoms with Crippen molar-refractivity contribution >= 4 is 23.3 Å². The first-order valence-electron chi connectivity index (χ1n) is 4.21. The maximum Gasteiger partial charge on any atom is 0.303 e. The molecular formula is C7H18O3Si2. The molecule has 3 nitrogen and oxygen atoms in total. The predicted octanol–water partition coefficient (Wildman–Crippen LogP) is 1.67. The van der Waals surface area contributed by atoms with Gasteiger partial charge >= 0.3 is 5.97 Å². The number of carboxylic acids is 1. The van der Waals surface area contributed by atoms with Gasteiger partial charge in [-0.25, -0.2) is 0 Å². The second kappa shape index (κ2) is 4.78. The van der Waals surface area contributed by atoms with Gasteiger partial charge in [0, 0.05) is 6.42 Å². The zero-order chi connectivity index (χ0) is 9.78. The summed E-state index contributed by atoms with van der Waals surface area (Å²) in [7, 11) is -2.63. The first kappa shape index (κ1) is 11.9. The Morgan fingerprint density at radius 2 is 2.00 bits per heavy atom. The number of hydrogen-bond acceptors (Lipinski definition) is 2. The van der Waals surface area contributed by atoms with E-state index in [-0.39, 0.29) is 6.42 Å². The Labute approximate surface area is 76.6 Å². The van der Waals surface area contributed by atoms with Gasteiger partial charge in [-0.05, 0) is 32.2 Å². The molecule has 5 heteroatoms. The summed E-state index contributed by atoms with van der Waals surface area (Å²) in [5.74, 6) is -0.714. The lowest BCUT2D eigenvalue weighted by Crippen LogP contribution is -2.33. The molecule has 0 fully saturated rings. The molecule has 0 heterocycles. The van der Waals surface area contributed by atoms with Crippen LogP contribution in [0.25, 0.3) is 0 Å². The topological polar surface area (TPSA) is 46.5 Å². The average Bonchev–Trinajstić information content (AvgIpc) is 1.79. The van der Waals surface area contributed by atoms with Gasteiger partial charge in [0.15, 0.2) is 17.4 Å². The molecule has 0 bridgehead atoms.